The van der Waals surface area contributed by atoms with Crippen LogP contribution in [0.2, 0.25) is 0 Å². The van der Waals surface area contributed by atoms with Crippen LogP contribution in [-0.2, 0) is 4.74 Å². The van der Waals surface area contributed by atoms with E-state index in [0.717, 1.165) is 32.4 Å². The lowest BCUT2D eigenvalue weighted by Gasteiger charge is -2.26. The third kappa shape index (κ3) is 4.76. The van der Waals surface area contributed by atoms with Crippen LogP contribution in [0, 0.1) is 6.92 Å². The van der Waals surface area contributed by atoms with E-state index in [1.807, 2.05) is 25.7 Å². The molecule has 1 unspecified atom stereocenters. The minimum atomic E-state index is -0.417. The van der Waals surface area contributed by atoms with Gasteiger partial charge in [0.05, 0.1) is 0 Å². The van der Waals surface area contributed by atoms with Crippen LogP contribution < -0.4 is 0 Å². The van der Waals surface area contributed by atoms with Crippen LogP contribution in [0.4, 0.5) is 4.79 Å². The van der Waals surface area contributed by atoms with E-state index < -0.39 is 5.60 Å². The number of aryl methyl sites for hydroxylation is 1. The molecule has 1 heterocycles. The molecular formula is C18H27NO2. The average Bonchev–Trinajstić information content (AvgIpc) is 2.63. The van der Waals surface area contributed by atoms with Gasteiger partial charge in [0.15, 0.2) is 0 Å². The molecule has 1 fully saturated rings. The minimum Gasteiger partial charge on any atom is -0.444 e. The molecule has 3 heteroatoms. The molecule has 21 heavy (non-hydrogen) atoms. The lowest BCUT2D eigenvalue weighted by atomic mass is 9.92. The number of amides is 1. The summed E-state index contributed by atoms with van der Waals surface area (Å²) in [5.74, 6) is 0.554. The fraction of sp³-hybridized carbons (Fsp3) is 0.611. The number of carbonyl (C=O) groups is 1. The van der Waals surface area contributed by atoms with Gasteiger partial charge in [0, 0.05) is 13.1 Å². The van der Waals surface area contributed by atoms with Crippen molar-refractivity contribution in [3.05, 3.63) is 35.4 Å². The van der Waals surface area contributed by atoms with Gasteiger partial charge in [-0.25, -0.2) is 4.79 Å². The Morgan fingerprint density at radius 3 is 2.43 bits per heavy atom. The highest BCUT2D eigenvalue weighted by molar-refractivity contribution is 5.68. The summed E-state index contributed by atoms with van der Waals surface area (Å²) < 4.78 is 5.48. The molecule has 1 amide bonds. The maximum absolute atomic E-state index is 12.2. The van der Waals surface area contributed by atoms with E-state index in [-0.39, 0.29) is 6.09 Å². The number of ether oxygens (including phenoxy) is 1. The summed E-state index contributed by atoms with van der Waals surface area (Å²) in [6.45, 7) is 9.44. The highest BCUT2D eigenvalue weighted by Crippen LogP contribution is 2.28. The standard InChI is InChI=1S/C18H27NO2/c1-14-7-9-16(10-8-14)15-6-5-12-19(13-11-15)17(20)21-18(2,3)4/h7-10,15H,5-6,11-13H2,1-4H3. The van der Waals surface area contributed by atoms with Gasteiger partial charge in [0.25, 0.3) is 0 Å². The molecule has 1 aromatic rings. The van der Waals surface area contributed by atoms with Gasteiger partial charge in [-0.05, 0) is 58.4 Å². The third-order valence-electron chi connectivity index (χ3n) is 3.93. The van der Waals surface area contributed by atoms with Crippen LogP contribution in [-0.4, -0.2) is 29.7 Å². The summed E-state index contributed by atoms with van der Waals surface area (Å²) in [5, 5.41) is 0. The molecule has 0 bridgehead atoms. The van der Waals surface area contributed by atoms with Crippen molar-refractivity contribution in [3.63, 3.8) is 0 Å². The van der Waals surface area contributed by atoms with E-state index >= 15 is 0 Å². The van der Waals surface area contributed by atoms with Crippen molar-refractivity contribution < 1.29 is 9.53 Å². The third-order valence-corrected chi connectivity index (χ3v) is 3.93. The smallest absolute Gasteiger partial charge is 0.410 e. The summed E-state index contributed by atoms with van der Waals surface area (Å²) in [6, 6.07) is 8.80. The Hall–Kier alpha value is -1.51. The topological polar surface area (TPSA) is 29.5 Å². The van der Waals surface area contributed by atoms with E-state index in [2.05, 4.69) is 31.2 Å². The zero-order valence-corrected chi connectivity index (χ0v) is 13.7. The van der Waals surface area contributed by atoms with Crippen LogP contribution in [0.25, 0.3) is 0 Å². The van der Waals surface area contributed by atoms with Gasteiger partial charge in [-0.1, -0.05) is 29.8 Å². The summed E-state index contributed by atoms with van der Waals surface area (Å²) in [5.41, 5.74) is 2.27. The van der Waals surface area contributed by atoms with Crippen molar-refractivity contribution in [2.45, 2.75) is 58.5 Å². The second-order valence-electron chi connectivity index (χ2n) is 7.01. The van der Waals surface area contributed by atoms with Crippen LogP contribution in [0.3, 0.4) is 0 Å². The quantitative estimate of drug-likeness (QED) is 0.762. The van der Waals surface area contributed by atoms with Gasteiger partial charge in [-0.2, -0.15) is 0 Å². The highest BCUT2D eigenvalue weighted by Gasteiger charge is 2.25. The zero-order valence-electron chi connectivity index (χ0n) is 13.7. The molecule has 1 aromatic carbocycles. The lowest BCUT2D eigenvalue weighted by molar-refractivity contribution is 0.0256. The van der Waals surface area contributed by atoms with E-state index in [0.29, 0.717) is 5.92 Å². The number of hydrogen-bond donors (Lipinski definition) is 0. The van der Waals surface area contributed by atoms with Gasteiger partial charge in [0.2, 0.25) is 0 Å². The molecule has 0 aliphatic carbocycles. The highest BCUT2D eigenvalue weighted by atomic mass is 16.6. The molecule has 0 N–H and O–H groups in total. The van der Waals surface area contributed by atoms with Gasteiger partial charge in [-0.15, -0.1) is 0 Å². The maximum atomic E-state index is 12.2. The Morgan fingerprint density at radius 2 is 1.81 bits per heavy atom. The normalized spacial score (nSPS) is 20.0. The fourth-order valence-electron chi connectivity index (χ4n) is 2.78. The second-order valence-corrected chi connectivity index (χ2v) is 7.01. The Balaban J connectivity index is 1.95. The molecule has 0 saturated carbocycles. The predicted molar refractivity (Wildman–Crippen MR) is 85.6 cm³/mol. The van der Waals surface area contributed by atoms with Crippen molar-refractivity contribution >= 4 is 6.09 Å². The SMILES string of the molecule is Cc1ccc(C2CCCN(C(=O)OC(C)(C)C)CC2)cc1. The zero-order chi connectivity index (χ0) is 15.5. The number of likely N-dealkylation sites (tertiary alicyclic amines) is 1. The lowest BCUT2D eigenvalue weighted by Crippen LogP contribution is -2.37. The van der Waals surface area contributed by atoms with Crippen molar-refractivity contribution in [2.24, 2.45) is 0 Å². The maximum Gasteiger partial charge on any atom is 0.410 e. The van der Waals surface area contributed by atoms with Crippen molar-refractivity contribution in [2.75, 3.05) is 13.1 Å². The predicted octanol–water partition coefficient (Wildman–Crippen LogP) is 4.50. The Kier molecular flexibility index (Phi) is 4.92. The second kappa shape index (κ2) is 6.50. The molecule has 1 atom stereocenters. The minimum absolute atomic E-state index is 0.174. The Bertz CT molecular complexity index is 473. The monoisotopic (exact) mass is 289 g/mol. The number of nitrogens with zero attached hydrogens (tertiary/aromatic N) is 1. The molecule has 3 nitrogen and oxygen atoms in total. The van der Waals surface area contributed by atoms with Crippen molar-refractivity contribution in [1.82, 2.24) is 4.90 Å². The molecule has 1 aliphatic rings. The van der Waals surface area contributed by atoms with Crippen LogP contribution in [0.15, 0.2) is 24.3 Å². The first-order valence-electron chi connectivity index (χ1n) is 7.89. The molecule has 116 valence electrons. The van der Waals surface area contributed by atoms with Gasteiger partial charge in [0.1, 0.15) is 5.60 Å². The van der Waals surface area contributed by atoms with E-state index in [4.69, 9.17) is 4.74 Å². The van der Waals surface area contributed by atoms with Crippen LogP contribution in [0.5, 0.6) is 0 Å². The fourth-order valence-corrected chi connectivity index (χ4v) is 2.78. The Morgan fingerprint density at radius 1 is 1.14 bits per heavy atom. The molecular weight excluding hydrogens is 262 g/mol. The van der Waals surface area contributed by atoms with Crippen molar-refractivity contribution in [3.8, 4) is 0 Å². The molecule has 0 spiro atoms. The molecule has 1 saturated heterocycles. The first-order valence-corrected chi connectivity index (χ1v) is 7.89. The largest absolute Gasteiger partial charge is 0.444 e. The molecule has 0 aromatic heterocycles. The van der Waals surface area contributed by atoms with E-state index in [1.165, 1.54) is 11.1 Å². The van der Waals surface area contributed by atoms with Crippen LogP contribution >= 0.6 is 0 Å². The summed E-state index contributed by atoms with van der Waals surface area (Å²) in [7, 11) is 0. The molecule has 2 rings (SSSR count). The van der Waals surface area contributed by atoms with Gasteiger partial charge < -0.3 is 9.64 Å². The number of rotatable bonds is 1. The van der Waals surface area contributed by atoms with Gasteiger partial charge >= 0.3 is 6.09 Å². The average molecular weight is 289 g/mol. The van der Waals surface area contributed by atoms with E-state index in [9.17, 15) is 4.79 Å². The Labute approximate surface area is 128 Å². The van der Waals surface area contributed by atoms with Crippen molar-refractivity contribution in [1.29, 1.82) is 0 Å². The summed E-state index contributed by atoms with van der Waals surface area (Å²) >= 11 is 0. The first kappa shape index (κ1) is 15.9. The van der Waals surface area contributed by atoms with Gasteiger partial charge in [-0.3, -0.25) is 0 Å². The first-order chi connectivity index (χ1) is 9.85. The van der Waals surface area contributed by atoms with E-state index in [1.54, 1.807) is 0 Å². The number of hydrogen-bond acceptors (Lipinski definition) is 2. The molecule has 0 radical (unpaired) electrons. The van der Waals surface area contributed by atoms with Crippen LogP contribution in [0.1, 0.15) is 57.1 Å². The number of carbonyl (C=O) groups excluding carboxylic acids is 1. The molecule has 1 aliphatic heterocycles. The number of benzene rings is 1. The summed E-state index contributed by atoms with van der Waals surface area (Å²) in [4.78, 5) is 14.0. The summed E-state index contributed by atoms with van der Waals surface area (Å²) in [6.07, 6.45) is 3.02.